The summed E-state index contributed by atoms with van der Waals surface area (Å²) in [5, 5.41) is 2.97. The lowest BCUT2D eigenvalue weighted by atomic mass is 9.98. The van der Waals surface area contributed by atoms with Crippen molar-refractivity contribution in [3.05, 3.63) is 83.3 Å². The van der Waals surface area contributed by atoms with Crippen LogP contribution >= 0.6 is 0 Å². The first kappa shape index (κ1) is 18.8. The molecular weight excluding hydrogens is 366 g/mol. The van der Waals surface area contributed by atoms with Gasteiger partial charge in [-0.3, -0.25) is 9.59 Å². The summed E-state index contributed by atoms with van der Waals surface area (Å²) in [7, 11) is 3.88. The molecule has 0 bridgehead atoms. The predicted octanol–water partition coefficient (Wildman–Crippen LogP) is 3.80. The molecule has 0 spiro atoms. The van der Waals surface area contributed by atoms with E-state index in [4.69, 9.17) is 4.42 Å². The quantitative estimate of drug-likeness (QED) is 0.737. The predicted molar refractivity (Wildman–Crippen MR) is 112 cm³/mol. The van der Waals surface area contributed by atoms with E-state index in [-0.39, 0.29) is 11.8 Å². The average Bonchev–Trinajstić information content (AvgIpc) is 3.27. The van der Waals surface area contributed by atoms with Crippen molar-refractivity contribution < 1.29 is 14.0 Å². The number of benzene rings is 2. The van der Waals surface area contributed by atoms with E-state index in [1.54, 1.807) is 23.1 Å². The molecule has 4 rings (SSSR count). The Hall–Kier alpha value is -3.54. The molecule has 2 heterocycles. The van der Waals surface area contributed by atoms with Gasteiger partial charge in [-0.2, -0.15) is 0 Å². The van der Waals surface area contributed by atoms with Crippen molar-refractivity contribution in [1.29, 1.82) is 0 Å². The van der Waals surface area contributed by atoms with Crippen LogP contribution in [0.2, 0.25) is 0 Å². The van der Waals surface area contributed by atoms with Gasteiger partial charge in [0.2, 0.25) is 0 Å². The Kier molecular flexibility index (Phi) is 5.08. The molecule has 148 valence electrons. The van der Waals surface area contributed by atoms with E-state index in [1.165, 1.54) is 11.8 Å². The zero-order valence-electron chi connectivity index (χ0n) is 16.5. The van der Waals surface area contributed by atoms with Crippen LogP contribution in [0.3, 0.4) is 0 Å². The van der Waals surface area contributed by atoms with Crippen LogP contribution in [0, 0.1) is 0 Å². The van der Waals surface area contributed by atoms with Gasteiger partial charge in [-0.15, -0.1) is 0 Å². The molecule has 0 saturated carbocycles. The second-order valence-electron chi connectivity index (χ2n) is 7.34. The topological polar surface area (TPSA) is 65.8 Å². The number of fused-ring (bicyclic) bond motifs is 1. The average molecular weight is 389 g/mol. The van der Waals surface area contributed by atoms with E-state index < -0.39 is 0 Å². The number of hydrogen-bond acceptors (Lipinski definition) is 4. The lowest BCUT2D eigenvalue weighted by Gasteiger charge is -2.28. The maximum absolute atomic E-state index is 12.7. The van der Waals surface area contributed by atoms with Gasteiger partial charge in [0.25, 0.3) is 11.8 Å². The third-order valence-electron chi connectivity index (χ3n) is 5.12. The molecular formula is C23H23N3O3. The zero-order chi connectivity index (χ0) is 20.4. The van der Waals surface area contributed by atoms with Gasteiger partial charge < -0.3 is 19.5 Å². The number of nitrogens with one attached hydrogen (secondary N) is 1. The minimum absolute atomic E-state index is 0.115. The number of rotatable bonds is 4. The Balaban J connectivity index is 1.50. The smallest absolute Gasteiger partial charge is 0.289 e. The summed E-state index contributed by atoms with van der Waals surface area (Å²) >= 11 is 0. The first-order valence-electron chi connectivity index (χ1n) is 9.54. The van der Waals surface area contributed by atoms with Crippen LogP contribution in [0.25, 0.3) is 0 Å². The van der Waals surface area contributed by atoms with E-state index in [9.17, 15) is 9.59 Å². The van der Waals surface area contributed by atoms with Crippen LogP contribution in [0.5, 0.6) is 0 Å². The van der Waals surface area contributed by atoms with Crippen molar-refractivity contribution in [3.8, 4) is 0 Å². The summed E-state index contributed by atoms with van der Waals surface area (Å²) < 4.78 is 5.24. The zero-order valence-corrected chi connectivity index (χ0v) is 16.5. The number of hydrogen-bond donors (Lipinski definition) is 1. The molecule has 1 N–H and O–H groups in total. The highest BCUT2D eigenvalue weighted by Crippen LogP contribution is 2.24. The summed E-state index contributed by atoms with van der Waals surface area (Å²) in [4.78, 5) is 29.0. The van der Waals surface area contributed by atoms with Gasteiger partial charge in [-0.25, -0.2) is 0 Å². The minimum atomic E-state index is -0.159. The summed E-state index contributed by atoms with van der Waals surface area (Å²) in [6.07, 6.45) is 2.28. The van der Waals surface area contributed by atoms with Crippen LogP contribution in [-0.4, -0.2) is 37.4 Å². The summed E-state index contributed by atoms with van der Waals surface area (Å²) in [5.41, 5.74) is 4.52. The third kappa shape index (κ3) is 4.01. The molecule has 0 radical (unpaired) electrons. The lowest BCUT2D eigenvalue weighted by molar-refractivity contribution is 0.0702. The van der Waals surface area contributed by atoms with Gasteiger partial charge in [-0.05, 0) is 60.0 Å². The van der Waals surface area contributed by atoms with E-state index in [0.717, 1.165) is 23.4 Å². The van der Waals surface area contributed by atoms with Gasteiger partial charge in [0.05, 0.1) is 6.26 Å². The monoisotopic (exact) mass is 389 g/mol. The summed E-state index contributed by atoms with van der Waals surface area (Å²) in [5.74, 6) is 0.0715. The molecule has 29 heavy (non-hydrogen) atoms. The molecule has 1 aromatic heterocycles. The Labute approximate surface area is 169 Å². The molecule has 0 fully saturated rings. The van der Waals surface area contributed by atoms with Crippen molar-refractivity contribution in [2.75, 3.05) is 30.9 Å². The van der Waals surface area contributed by atoms with Crippen molar-refractivity contribution in [3.63, 3.8) is 0 Å². The molecule has 0 saturated heterocycles. The molecule has 2 amide bonds. The highest BCUT2D eigenvalue weighted by Gasteiger charge is 2.23. The maximum Gasteiger partial charge on any atom is 0.289 e. The molecule has 1 aliphatic rings. The highest BCUT2D eigenvalue weighted by molar-refractivity contribution is 6.04. The molecule has 0 atom stereocenters. The number of anilines is 2. The fourth-order valence-corrected chi connectivity index (χ4v) is 3.49. The first-order chi connectivity index (χ1) is 14.0. The van der Waals surface area contributed by atoms with Gasteiger partial charge >= 0.3 is 0 Å². The minimum Gasteiger partial charge on any atom is -0.459 e. The van der Waals surface area contributed by atoms with Gasteiger partial charge in [0, 0.05) is 44.1 Å². The van der Waals surface area contributed by atoms with Gasteiger partial charge in [0.15, 0.2) is 5.76 Å². The second-order valence-corrected chi connectivity index (χ2v) is 7.34. The normalized spacial score (nSPS) is 13.0. The largest absolute Gasteiger partial charge is 0.459 e. The second kappa shape index (κ2) is 7.83. The van der Waals surface area contributed by atoms with Gasteiger partial charge in [0.1, 0.15) is 0 Å². The Morgan fingerprint density at radius 3 is 2.66 bits per heavy atom. The Morgan fingerprint density at radius 1 is 1.03 bits per heavy atom. The van der Waals surface area contributed by atoms with E-state index >= 15 is 0 Å². The molecule has 6 heteroatoms. The Bertz CT molecular complexity index is 1040. The van der Waals surface area contributed by atoms with Crippen LogP contribution in [0.15, 0.2) is 65.3 Å². The van der Waals surface area contributed by atoms with Crippen molar-refractivity contribution in [2.45, 2.75) is 13.0 Å². The van der Waals surface area contributed by atoms with E-state index in [0.29, 0.717) is 24.4 Å². The molecule has 1 aliphatic heterocycles. The van der Waals surface area contributed by atoms with Crippen molar-refractivity contribution in [2.24, 2.45) is 0 Å². The first-order valence-corrected chi connectivity index (χ1v) is 9.54. The number of carbonyl (C=O) groups is 2. The number of carbonyl (C=O) groups excluding carboxylic acids is 2. The molecule has 3 aromatic rings. The lowest BCUT2D eigenvalue weighted by Crippen LogP contribution is -2.35. The van der Waals surface area contributed by atoms with E-state index in [2.05, 4.69) is 5.32 Å². The fourth-order valence-electron chi connectivity index (χ4n) is 3.49. The highest BCUT2D eigenvalue weighted by atomic mass is 16.3. The van der Waals surface area contributed by atoms with Crippen LogP contribution in [0.1, 0.15) is 32.0 Å². The molecule has 6 nitrogen and oxygen atoms in total. The molecule has 2 aromatic carbocycles. The van der Waals surface area contributed by atoms with Crippen LogP contribution in [-0.2, 0) is 13.0 Å². The van der Waals surface area contributed by atoms with Crippen molar-refractivity contribution in [1.82, 2.24) is 4.90 Å². The Morgan fingerprint density at radius 2 is 1.90 bits per heavy atom. The standard InChI is InChI=1S/C23H23N3O3/c1-25(2)20-6-3-5-17(14-20)22(27)24-19-9-8-16-10-11-26(15-18(16)13-19)23(28)21-7-4-12-29-21/h3-9,12-14H,10-11,15H2,1-2H3,(H,24,27). The SMILES string of the molecule is CN(C)c1cccc(C(=O)Nc2ccc3c(c2)CN(C(=O)c2ccco2)CC3)c1. The van der Waals surface area contributed by atoms with E-state index in [1.807, 2.05) is 55.4 Å². The van der Waals surface area contributed by atoms with Gasteiger partial charge in [-0.1, -0.05) is 12.1 Å². The van der Waals surface area contributed by atoms with Crippen LogP contribution in [0.4, 0.5) is 11.4 Å². The third-order valence-corrected chi connectivity index (χ3v) is 5.12. The number of furan rings is 1. The van der Waals surface area contributed by atoms with Crippen LogP contribution < -0.4 is 10.2 Å². The maximum atomic E-state index is 12.7. The van der Waals surface area contributed by atoms with Crippen molar-refractivity contribution >= 4 is 23.2 Å². The number of nitrogens with zero attached hydrogens (tertiary/aromatic N) is 2. The summed E-state index contributed by atoms with van der Waals surface area (Å²) in [6.45, 7) is 1.14. The fraction of sp³-hybridized carbons (Fsp3) is 0.217. The summed E-state index contributed by atoms with van der Waals surface area (Å²) in [6, 6.07) is 16.8. The molecule has 0 unspecified atom stereocenters. The molecule has 0 aliphatic carbocycles. The number of amides is 2.